The standard InChI is InChI=1S/C28H28ClN7O3/c1-15-10-20(14-38-25(15)13-37)39-28-32-23-11-21(22(29)12-24(23)33-28)18-4-2-16(3-5-18)17-6-8-19(9-7-17)36-27(31)34-26(30)35-36/h2-9,11-12,15,20,25,37H,10,13-14H2,1H3,(H,32,33)(H4,30,31,34,35). The van der Waals surface area contributed by atoms with Gasteiger partial charge in [0.1, 0.15) is 6.10 Å². The van der Waals surface area contributed by atoms with Gasteiger partial charge in [-0.25, -0.2) is 0 Å². The van der Waals surface area contributed by atoms with Crippen LogP contribution in [0.25, 0.3) is 39.0 Å². The molecule has 1 fully saturated rings. The SMILES string of the molecule is CC1CC(Oc2nc3cc(-c4ccc(-c5ccc(-n6nc(N)nc6N)cc5)cc4)c(Cl)cc3[nH]2)COC1CO. The minimum atomic E-state index is -0.147. The number of aliphatic hydroxyl groups is 1. The first kappa shape index (κ1) is 25.2. The zero-order valence-electron chi connectivity index (χ0n) is 21.2. The Kier molecular flexibility index (Phi) is 6.59. The molecule has 1 saturated heterocycles. The molecule has 0 bridgehead atoms. The Morgan fingerprint density at radius 2 is 1.74 bits per heavy atom. The van der Waals surface area contributed by atoms with Crippen molar-refractivity contribution in [2.75, 3.05) is 24.7 Å². The number of H-pyrrole nitrogens is 1. The lowest BCUT2D eigenvalue weighted by Crippen LogP contribution is -2.40. The van der Waals surface area contributed by atoms with Crippen LogP contribution in [-0.4, -0.2) is 55.3 Å². The molecule has 39 heavy (non-hydrogen) atoms. The number of imidazole rings is 1. The number of benzene rings is 3. The second-order valence-electron chi connectivity index (χ2n) is 9.76. The number of anilines is 2. The van der Waals surface area contributed by atoms with Gasteiger partial charge in [-0.05, 0) is 53.3 Å². The van der Waals surface area contributed by atoms with Crippen molar-refractivity contribution in [3.8, 4) is 34.0 Å². The van der Waals surface area contributed by atoms with Crippen molar-refractivity contribution in [3.63, 3.8) is 0 Å². The molecule has 1 aliphatic heterocycles. The topological polar surface area (TPSA) is 150 Å². The number of aromatic amines is 1. The van der Waals surface area contributed by atoms with Gasteiger partial charge in [-0.1, -0.05) is 54.9 Å². The van der Waals surface area contributed by atoms with Gasteiger partial charge in [-0.2, -0.15) is 14.6 Å². The van der Waals surface area contributed by atoms with Crippen LogP contribution in [0.2, 0.25) is 5.02 Å². The van der Waals surface area contributed by atoms with Crippen LogP contribution in [-0.2, 0) is 4.74 Å². The summed E-state index contributed by atoms with van der Waals surface area (Å²) in [7, 11) is 0. The summed E-state index contributed by atoms with van der Waals surface area (Å²) >= 11 is 6.67. The highest BCUT2D eigenvalue weighted by molar-refractivity contribution is 6.34. The van der Waals surface area contributed by atoms with Crippen LogP contribution in [0.4, 0.5) is 11.9 Å². The lowest BCUT2D eigenvalue weighted by molar-refractivity contribution is -0.0958. The first-order valence-electron chi connectivity index (χ1n) is 12.7. The normalized spacial score (nSPS) is 19.4. The molecule has 6 rings (SSSR count). The third kappa shape index (κ3) is 5.01. The van der Waals surface area contributed by atoms with Gasteiger partial charge in [0.2, 0.25) is 11.9 Å². The van der Waals surface area contributed by atoms with E-state index in [4.69, 9.17) is 32.5 Å². The lowest BCUT2D eigenvalue weighted by atomic mass is 9.95. The minimum absolute atomic E-state index is 0.0164. The Morgan fingerprint density at radius 3 is 2.38 bits per heavy atom. The first-order valence-corrected chi connectivity index (χ1v) is 13.0. The fourth-order valence-corrected chi connectivity index (χ4v) is 5.23. The van der Waals surface area contributed by atoms with Crippen LogP contribution in [0.1, 0.15) is 13.3 Å². The number of aromatic nitrogens is 5. The molecule has 200 valence electrons. The molecule has 0 saturated carbocycles. The smallest absolute Gasteiger partial charge is 0.294 e. The number of hydrogen-bond acceptors (Lipinski definition) is 8. The van der Waals surface area contributed by atoms with E-state index in [1.54, 1.807) is 0 Å². The molecular weight excluding hydrogens is 518 g/mol. The van der Waals surface area contributed by atoms with E-state index in [0.29, 0.717) is 17.6 Å². The molecule has 5 aromatic rings. The van der Waals surface area contributed by atoms with Crippen molar-refractivity contribution in [3.05, 3.63) is 65.7 Å². The Morgan fingerprint density at radius 1 is 1.05 bits per heavy atom. The molecule has 6 N–H and O–H groups in total. The number of hydrogen-bond donors (Lipinski definition) is 4. The van der Waals surface area contributed by atoms with E-state index in [9.17, 15) is 5.11 Å². The van der Waals surface area contributed by atoms with E-state index in [1.807, 2.05) is 55.5 Å². The van der Waals surface area contributed by atoms with E-state index < -0.39 is 0 Å². The predicted molar refractivity (Wildman–Crippen MR) is 151 cm³/mol. The van der Waals surface area contributed by atoms with Crippen LogP contribution in [0, 0.1) is 5.92 Å². The van der Waals surface area contributed by atoms with Gasteiger partial charge < -0.3 is 31.0 Å². The van der Waals surface area contributed by atoms with E-state index in [1.165, 1.54) is 4.68 Å². The Hall–Kier alpha value is -4.12. The average molecular weight is 546 g/mol. The monoisotopic (exact) mass is 545 g/mol. The minimum Gasteiger partial charge on any atom is -0.459 e. The highest BCUT2D eigenvalue weighted by atomic mass is 35.5. The average Bonchev–Trinajstić information content (AvgIpc) is 3.49. The van der Waals surface area contributed by atoms with Gasteiger partial charge in [-0.15, -0.1) is 5.10 Å². The summed E-state index contributed by atoms with van der Waals surface area (Å²) in [5.41, 5.74) is 17.8. The van der Waals surface area contributed by atoms with Crippen molar-refractivity contribution in [1.82, 2.24) is 24.7 Å². The number of rotatable bonds is 6. The summed E-state index contributed by atoms with van der Waals surface area (Å²) in [6.45, 7) is 2.48. The lowest BCUT2D eigenvalue weighted by Gasteiger charge is -2.32. The second-order valence-corrected chi connectivity index (χ2v) is 10.2. The molecule has 0 radical (unpaired) electrons. The molecule has 10 nitrogen and oxygen atoms in total. The number of aliphatic hydroxyl groups excluding tert-OH is 1. The van der Waals surface area contributed by atoms with Crippen molar-refractivity contribution < 1.29 is 14.6 Å². The fourth-order valence-electron chi connectivity index (χ4n) is 4.95. The number of nitrogens with one attached hydrogen (secondary N) is 1. The maximum atomic E-state index is 9.40. The van der Waals surface area contributed by atoms with Crippen LogP contribution < -0.4 is 16.2 Å². The summed E-state index contributed by atoms with van der Waals surface area (Å²) in [6.07, 6.45) is 0.505. The van der Waals surface area contributed by atoms with E-state index in [-0.39, 0.29) is 36.6 Å². The second kappa shape index (κ2) is 10.2. The van der Waals surface area contributed by atoms with Gasteiger partial charge in [0, 0.05) is 5.56 Å². The Balaban J connectivity index is 1.19. The van der Waals surface area contributed by atoms with Gasteiger partial charge in [-0.3, -0.25) is 0 Å². The molecular formula is C28H28ClN7O3. The molecule has 3 unspecified atom stereocenters. The number of nitrogens with two attached hydrogens (primary N) is 2. The van der Waals surface area contributed by atoms with Gasteiger partial charge in [0.25, 0.3) is 6.01 Å². The molecule has 11 heteroatoms. The number of nitrogens with zero attached hydrogens (tertiary/aromatic N) is 4. The van der Waals surface area contributed by atoms with Gasteiger partial charge in [0.05, 0.1) is 41.1 Å². The van der Waals surface area contributed by atoms with Gasteiger partial charge in [0.15, 0.2) is 0 Å². The maximum Gasteiger partial charge on any atom is 0.294 e. The van der Waals surface area contributed by atoms with Crippen molar-refractivity contribution in [2.45, 2.75) is 25.6 Å². The highest BCUT2D eigenvalue weighted by Gasteiger charge is 2.29. The third-order valence-corrected chi connectivity index (χ3v) is 7.38. The molecule has 0 amide bonds. The number of ether oxygens (including phenoxy) is 2. The van der Waals surface area contributed by atoms with E-state index in [2.05, 4.69) is 32.2 Å². The van der Waals surface area contributed by atoms with Crippen LogP contribution in [0.15, 0.2) is 60.7 Å². The van der Waals surface area contributed by atoms with Crippen molar-refractivity contribution in [2.24, 2.45) is 5.92 Å². The largest absolute Gasteiger partial charge is 0.459 e. The maximum absolute atomic E-state index is 9.40. The Labute approximate surface area is 229 Å². The summed E-state index contributed by atoms with van der Waals surface area (Å²) in [4.78, 5) is 11.8. The zero-order valence-corrected chi connectivity index (χ0v) is 22.0. The number of nitrogen functional groups attached to an aromatic ring is 2. The fraction of sp³-hybridized carbons (Fsp3) is 0.250. The molecule has 3 heterocycles. The summed E-state index contributed by atoms with van der Waals surface area (Å²) in [6, 6.07) is 20.2. The first-order chi connectivity index (χ1) is 18.9. The molecule has 3 atom stereocenters. The molecule has 0 spiro atoms. The van der Waals surface area contributed by atoms with Crippen molar-refractivity contribution >= 4 is 34.5 Å². The van der Waals surface area contributed by atoms with Crippen molar-refractivity contribution in [1.29, 1.82) is 0 Å². The van der Waals surface area contributed by atoms with Crippen LogP contribution >= 0.6 is 11.6 Å². The van der Waals surface area contributed by atoms with Gasteiger partial charge >= 0.3 is 0 Å². The predicted octanol–water partition coefficient (Wildman–Crippen LogP) is 4.46. The summed E-state index contributed by atoms with van der Waals surface area (Å²) in [5.74, 6) is 0.572. The van der Waals surface area contributed by atoms with E-state index in [0.717, 1.165) is 45.4 Å². The molecule has 0 aliphatic carbocycles. The zero-order chi connectivity index (χ0) is 27.1. The van der Waals surface area contributed by atoms with E-state index >= 15 is 0 Å². The molecule has 3 aromatic carbocycles. The molecule has 1 aliphatic rings. The van der Waals surface area contributed by atoms with Crippen LogP contribution in [0.5, 0.6) is 6.01 Å². The Bertz CT molecular complexity index is 1620. The quantitative estimate of drug-likeness (QED) is 0.244. The number of halogens is 1. The third-order valence-electron chi connectivity index (χ3n) is 7.06. The molecule has 2 aromatic heterocycles. The summed E-state index contributed by atoms with van der Waals surface area (Å²) in [5, 5.41) is 14.1. The number of fused-ring (bicyclic) bond motifs is 1. The van der Waals surface area contributed by atoms with Crippen LogP contribution in [0.3, 0.4) is 0 Å². The highest BCUT2D eigenvalue weighted by Crippen LogP contribution is 2.34. The summed E-state index contributed by atoms with van der Waals surface area (Å²) < 4.78 is 13.3.